The summed E-state index contributed by atoms with van der Waals surface area (Å²) in [4.78, 5) is 0. The van der Waals surface area contributed by atoms with E-state index in [1.807, 2.05) is 0 Å². The molecule has 2 aliphatic rings. The summed E-state index contributed by atoms with van der Waals surface area (Å²) in [5.74, 6) is 0. The number of rotatable bonds is 2. The average molecular weight is 433 g/mol. The molecule has 1 spiro atoms. The second-order valence-corrected chi connectivity index (χ2v) is 9.44. The molecule has 5 aromatic carbocycles. The summed E-state index contributed by atoms with van der Waals surface area (Å²) < 4.78 is 0. The van der Waals surface area contributed by atoms with Crippen LogP contribution in [0.5, 0.6) is 0 Å². The van der Waals surface area contributed by atoms with Crippen LogP contribution in [0.15, 0.2) is 115 Å². The van der Waals surface area contributed by atoms with Gasteiger partial charge in [-0.05, 0) is 68.6 Å². The minimum Gasteiger partial charge on any atom is -0.0622 e. The lowest BCUT2D eigenvalue weighted by molar-refractivity contribution is 0.792. The SMILES string of the molecule is Cc1ccc2c(c1)C1(c3ccccc3-c3ccccc31)c1cc(/C=C/c3ccccc3)ccc1-2. The van der Waals surface area contributed by atoms with Crippen molar-refractivity contribution in [3.63, 3.8) is 0 Å². The van der Waals surface area contributed by atoms with Crippen molar-refractivity contribution in [2.24, 2.45) is 0 Å². The molecular weight excluding hydrogens is 408 g/mol. The molecule has 0 aromatic heterocycles. The van der Waals surface area contributed by atoms with Crippen molar-refractivity contribution in [2.45, 2.75) is 12.3 Å². The van der Waals surface area contributed by atoms with Crippen LogP contribution in [-0.2, 0) is 5.41 Å². The van der Waals surface area contributed by atoms with Crippen LogP contribution in [0.3, 0.4) is 0 Å². The number of fused-ring (bicyclic) bond motifs is 10. The fourth-order valence-corrected chi connectivity index (χ4v) is 6.13. The highest BCUT2D eigenvalue weighted by atomic mass is 14.5. The van der Waals surface area contributed by atoms with E-state index in [4.69, 9.17) is 0 Å². The van der Waals surface area contributed by atoms with Gasteiger partial charge in [-0.25, -0.2) is 0 Å². The zero-order valence-corrected chi connectivity index (χ0v) is 19.1. The molecular formula is C34H24. The molecule has 0 N–H and O–H groups in total. The Kier molecular flexibility index (Phi) is 4.07. The van der Waals surface area contributed by atoms with Crippen molar-refractivity contribution in [3.05, 3.63) is 154 Å². The second-order valence-electron chi connectivity index (χ2n) is 9.44. The Bertz CT molecular complexity index is 1560. The molecule has 0 aliphatic heterocycles. The van der Waals surface area contributed by atoms with Gasteiger partial charge >= 0.3 is 0 Å². The Morgan fingerprint density at radius 1 is 0.441 bits per heavy atom. The standard InChI is InChI=1S/C34H24/c1-23-15-19-28-29-20-18-25(17-16-24-9-3-2-4-10-24)22-33(29)34(32(28)21-23)30-13-7-5-11-26(30)27-12-6-8-14-31(27)34/h2-22H,1H3/b17-16+. The van der Waals surface area contributed by atoms with Gasteiger partial charge in [-0.1, -0.05) is 127 Å². The molecule has 0 saturated carbocycles. The highest BCUT2D eigenvalue weighted by Crippen LogP contribution is 2.62. The molecule has 0 nitrogen and oxygen atoms in total. The van der Waals surface area contributed by atoms with E-state index in [0.29, 0.717) is 0 Å². The van der Waals surface area contributed by atoms with Gasteiger partial charge in [-0.15, -0.1) is 0 Å². The zero-order valence-electron chi connectivity index (χ0n) is 19.1. The van der Waals surface area contributed by atoms with Crippen molar-refractivity contribution < 1.29 is 0 Å². The monoisotopic (exact) mass is 432 g/mol. The molecule has 7 rings (SSSR count). The van der Waals surface area contributed by atoms with Crippen LogP contribution in [0.2, 0.25) is 0 Å². The minimum atomic E-state index is -0.277. The largest absolute Gasteiger partial charge is 0.0725 e. The summed E-state index contributed by atoms with van der Waals surface area (Å²) in [5.41, 5.74) is 14.5. The molecule has 0 unspecified atom stereocenters. The van der Waals surface area contributed by atoms with Crippen LogP contribution in [-0.4, -0.2) is 0 Å². The van der Waals surface area contributed by atoms with Crippen molar-refractivity contribution in [1.29, 1.82) is 0 Å². The molecule has 34 heavy (non-hydrogen) atoms. The van der Waals surface area contributed by atoms with Gasteiger partial charge in [-0.3, -0.25) is 0 Å². The first-order valence-corrected chi connectivity index (χ1v) is 12.0. The lowest BCUT2D eigenvalue weighted by Gasteiger charge is -2.30. The molecule has 2 aliphatic carbocycles. The molecule has 0 atom stereocenters. The van der Waals surface area contributed by atoms with Crippen LogP contribution in [0.25, 0.3) is 34.4 Å². The summed E-state index contributed by atoms with van der Waals surface area (Å²) in [6.07, 6.45) is 4.45. The molecule has 0 amide bonds. The summed E-state index contributed by atoms with van der Waals surface area (Å²) in [7, 11) is 0. The van der Waals surface area contributed by atoms with E-state index in [1.54, 1.807) is 0 Å². The van der Waals surface area contributed by atoms with E-state index in [2.05, 4.69) is 134 Å². The third-order valence-corrected chi connectivity index (χ3v) is 7.54. The Balaban J connectivity index is 1.54. The maximum absolute atomic E-state index is 2.42. The van der Waals surface area contributed by atoms with Gasteiger partial charge in [-0.2, -0.15) is 0 Å². The lowest BCUT2D eigenvalue weighted by Crippen LogP contribution is -2.26. The van der Waals surface area contributed by atoms with Crippen LogP contribution in [0, 0.1) is 6.92 Å². The van der Waals surface area contributed by atoms with E-state index in [9.17, 15) is 0 Å². The first kappa shape index (κ1) is 19.3. The van der Waals surface area contributed by atoms with Crippen molar-refractivity contribution in [3.8, 4) is 22.3 Å². The maximum Gasteiger partial charge on any atom is 0.0725 e. The van der Waals surface area contributed by atoms with Gasteiger partial charge in [0.15, 0.2) is 0 Å². The number of aryl methyl sites for hydroxylation is 1. The van der Waals surface area contributed by atoms with Crippen LogP contribution >= 0.6 is 0 Å². The molecule has 0 heteroatoms. The quantitative estimate of drug-likeness (QED) is 0.240. The lowest BCUT2D eigenvalue weighted by atomic mass is 9.70. The highest BCUT2D eigenvalue weighted by Gasteiger charge is 2.51. The second kappa shape index (κ2) is 7.17. The van der Waals surface area contributed by atoms with Gasteiger partial charge in [0.05, 0.1) is 5.41 Å². The third kappa shape index (κ3) is 2.54. The summed E-state index contributed by atoms with van der Waals surface area (Å²) in [6.45, 7) is 2.21. The smallest absolute Gasteiger partial charge is 0.0622 e. The topological polar surface area (TPSA) is 0 Å². The summed E-state index contributed by atoms with van der Waals surface area (Å²) >= 11 is 0. The molecule has 0 bridgehead atoms. The third-order valence-electron chi connectivity index (χ3n) is 7.54. The first-order valence-electron chi connectivity index (χ1n) is 12.0. The van der Waals surface area contributed by atoms with E-state index in [1.165, 1.54) is 61.2 Å². The van der Waals surface area contributed by atoms with Gasteiger partial charge in [0.2, 0.25) is 0 Å². The number of hydrogen-bond donors (Lipinski definition) is 0. The highest BCUT2D eigenvalue weighted by molar-refractivity contribution is 5.95. The predicted octanol–water partition coefficient (Wildman–Crippen LogP) is 8.51. The minimum absolute atomic E-state index is 0.277. The van der Waals surface area contributed by atoms with E-state index in [-0.39, 0.29) is 5.41 Å². The summed E-state index contributed by atoms with van der Waals surface area (Å²) in [6, 6.07) is 42.5. The van der Waals surface area contributed by atoms with Gasteiger partial charge in [0.1, 0.15) is 0 Å². The van der Waals surface area contributed by atoms with Crippen molar-refractivity contribution >= 4 is 12.2 Å². The molecule has 5 aromatic rings. The fourth-order valence-electron chi connectivity index (χ4n) is 6.13. The van der Waals surface area contributed by atoms with E-state index in [0.717, 1.165) is 0 Å². The Morgan fingerprint density at radius 3 is 1.68 bits per heavy atom. The molecule has 160 valence electrons. The van der Waals surface area contributed by atoms with Crippen molar-refractivity contribution in [2.75, 3.05) is 0 Å². The summed E-state index contributed by atoms with van der Waals surface area (Å²) in [5, 5.41) is 0. The maximum atomic E-state index is 2.42. The van der Waals surface area contributed by atoms with Crippen LogP contribution in [0.4, 0.5) is 0 Å². The fraction of sp³-hybridized carbons (Fsp3) is 0.0588. The first-order chi connectivity index (χ1) is 16.8. The zero-order chi connectivity index (χ0) is 22.7. The average Bonchev–Trinajstić information content (AvgIpc) is 3.35. The molecule has 0 saturated heterocycles. The van der Waals surface area contributed by atoms with E-state index >= 15 is 0 Å². The molecule has 0 fully saturated rings. The van der Waals surface area contributed by atoms with Gasteiger partial charge in [0, 0.05) is 0 Å². The Labute approximate surface area is 200 Å². The van der Waals surface area contributed by atoms with Crippen LogP contribution < -0.4 is 0 Å². The number of hydrogen-bond acceptors (Lipinski definition) is 0. The van der Waals surface area contributed by atoms with E-state index < -0.39 is 0 Å². The normalized spacial score (nSPS) is 14.1. The number of benzene rings is 5. The van der Waals surface area contributed by atoms with Crippen molar-refractivity contribution in [1.82, 2.24) is 0 Å². The molecule has 0 heterocycles. The Hall–Kier alpha value is -4.16. The van der Waals surface area contributed by atoms with Gasteiger partial charge in [0.25, 0.3) is 0 Å². The predicted molar refractivity (Wildman–Crippen MR) is 143 cm³/mol. The Morgan fingerprint density at radius 2 is 0.971 bits per heavy atom. The van der Waals surface area contributed by atoms with Crippen LogP contribution in [0.1, 0.15) is 38.9 Å². The molecule has 0 radical (unpaired) electrons. The van der Waals surface area contributed by atoms with Gasteiger partial charge < -0.3 is 0 Å².